The van der Waals surface area contributed by atoms with Gasteiger partial charge < -0.3 is 19.9 Å². The molecule has 2 fully saturated rings. The second-order valence-corrected chi connectivity index (χ2v) is 9.56. The van der Waals surface area contributed by atoms with Gasteiger partial charge in [0, 0.05) is 54.0 Å². The number of amides is 1. The molecule has 4 aromatic rings. The summed E-state index contributed by atoms with van der Waals surface area (Å²) in [4.78, 5) is 22.6. The Morgan fingerprint density at radius 1 is 1.27 bits per heavy atom. The van der Waals surface area contributed by atoms with Crippen molar-refractivity contribution in [2.24, 2.45) is 5.41 Å². The van der Waals surface area contributed by atoms with Crippen LogP contribution in [0.25, 0.3) is 27.9 Å². The second-order valence-electron chi connectivity index (χ2n) is 9.56. The fourth-order valence-electron chi connectivity index (χ4n) is 5.10. The van der Waals surface area contributed by atoms with Crippen molar-refractivity contribution in [2.75, 3.05) is 25.6 Å². The van der Waals surface area contributed by atoms with Gasteiger partial charge in [0.2, 0.25) is 0 Å². The lowest BCUT2D eigenvalue weighted by Crippen LogP contribution is -2.59. The Kier molecular flexibility index (Phi) is 4.45. The first-order chi connectivity index (χ1) is 16.0. The van der Waals surface area contributed by atoms with E-state index in [1.165, 1.54) is 0 Å². The highest BCUT2D eigenvalue weighted by Crippen LogP contribution is 2.47. The summed E-state index contributed by atoms with van der Waals surface area (Å²) in [7, 11) is 1.84. The third-order valence-electron chi connectivity index (χ3n) is 6.91. The molecule has 9 nitrogen and oxygen atoms in total. The van der Waals surface area contributed by atoms with E-state index in [1.54, 1.807) is 16.9 Å². The quantitative estimate of drug-likeness (QED) is 0.489. The van der Waals surface area contributed by atoms with Crippen molar-refractivity contribution in [1.82, 2.24) is 29.5 Å². The third kappa shape index (κ3) is 3.10. The minimum Gasteiger partial charge on any atom is -0.380 e. The second kappa shape index (κ2) is 7.28. The molecule has 2 aliphatic rings. The Balaban J connectivity index is 1.40. The van der Waals surface area contributed by atoms with Crippen molar-refractivity contribution in [2.45, 2.75) is 38.8 Å². The van der Waals surface area contributed by atoms with Crippen LogP contribution in [0, 0.1) is 5.41 Å². The van der Waals surface area contributed by atoms with E-state index in [2.05, 4.69) is 51.4 Å². The number of nitrogens with zero attached hydrogens (tertiary/aromatic N) is 5. The number of aromatic nitrogens is 5. The highest BCUT2D eigenvalue weighted by atomic mass is 16.5. The van der Waals surface area contributed by atoms with Crippen LogP contribution in [0.2, 0.25) is 0 Å². The maximum Gasteiger partial charge on any atom is 0.256 e. The summed E-state index contributed by atoms with van der Waals surface area (Å²) in [5.41, 5.74) is 3.97. The van der Waals surface area contributed by atoms with Gasteiger partial charge in [-0.05, 0) is 38.8 Å². The first-order valence-corrected chi connectivity index (χ1v) is 11.4. The maximum atomic E-state index is 13.1. The zero-order valence-electron chi connectivity index (χ0n) is 19.0. The van der Waals surface area contributed by atoms with Gasteiger partial charge in [-0.1, -0.05) is 0 Å². The van der Waals surface area contributed by atoms with Gasteiger partial charge in [0.15, 0.2) is 5.65 Å². The summed E-state index contributed by atoms with van der Waals surface area (Å²) in [6, 6.07) is 6.39. The number of rotatable bonds is 5. The van der Waals surface area contributed by atoms with Crippen molar-refractivity contribution in [3.05, 3.63) is 42.4 Å². The van der Waals surface area contributed by atoms with Gasteiger partial charge in [-0.2, -0.15) is 9.61 Å². The van der Waals surface area contributed by atoms with Crippen molar-refractivity contribution < 1.29 is 9.53 Å². The van der Waals surface area contributed by atoms with E-state index in [4.69, 9.17) is 9.72 Å². The molecule has 0 bridgehead atoms. The average molecular weight is 446 g/mol. The summed E-state index contributed by atoms with van der Waals surface area (Å²) < 4.78 is 9.17. The molecule has 170 valence electrons. The average Bonchev–Trinajstić information content (AvgIpc) is 3.35. The smallest absolute Gasteiger partial charge is 0.256 e. The molecule has 6 rings (SSSR count). The van der Waals surface area contributed by atoms with Crippen LogP contribution < -0.4 is 10.6 Å². The highest BCUT2D eigenvalue weighted by molar-refractivity contribution is 6.01. The van der Waals surface area contributed by atoms with Crippen LogP contribution in [-0.4, -0.2) is 56.4 Å². The van der Waals surface area contributed by atoms with Crippen LogP contribution >= 0.6 is 0 Å². The molecule has 9 heteroatoms. The van der Waals surface area contributed by atoms with Crippen molar-refractivity contribution >= 4 is 28.4 Å². The molecule has 0 atom stereocenters. The summed E-state index contributed by atoms with van der Waals surface area (Å²) in [5.74, 6) is 0.626. The van der Waals surface area contributed by atoms with Gasteiger partial charge in [-0.15, -0.1) is 0 Å². The standard InChI is InChI=1S/C24H27N7O2/c1-14(2)30-11-18(16-5-4-6-26-21(16)30)19-7-20(25-3)31-22(29-19)17(10-27-31)23(32)28-15-8-24(9-15)12-33-13-24/h4-7,10-11,14-15,25H,8-9,12-13H2,1-3H3,(H,28,32). The monoisotopic (exact) mass is 445 g/mol. The first-order valence-electron chi connectivity index (χ1n) is 11.4. The topological polar surface area (TPSA) is 98.4 Å². The predicted molar refractivity (Wildman–Crippen MR) is 125 cm³/mol. The van der Waals surface area contributed by atoms with Crippen LogP contribution in [0.1, 0.15) is 43.1 Å². The highest BCUT2D eigenvalue weighted by Gasteiger charge is 2.50. The zero-order valence-corrected chi connectivity index (χ0v) is 19.0. The number of anilines is 1. The Hall–Kier alpha value is -3.46. The van der Waals surface area contributed by atoms with E-state index < -0.39 is 0 Å². The van der Waals surface area contributed by atoms with Gasteiger partial charge in [0.1, 0.15) is 17.0 Å². The lowest BCUT2D eigenvalue weighted by atomic mass is 9.64. The number of carbonyl (C=O) groups excluding carboxylic acids is 1. The van der Waals surface area contributed by atoms with E-state index in [-0.39, 0.29) is 18.0 Å². The number of hydrogen-bond acceptors (Lipinski definition) is 6. The number of pyridine rings is 1. The first kappa shape index (κ1) is 20.2. The molecule has 33 heavy (non-hydrogen) atoms. The van der Waals surface area contributed by atoms with Gasteiger partial charge in [-0.25, -0.2) is 9.97 Å². The molecule has 1 saturated carbocycles. The molecule has 1 amide bonds. The molecule has 1 spiro atoms. The maximum absolute atomic E-state index is 13.1. The molecule has 5 heterocycles. The molecule has 1 aliphatic carbocycles. The van der Waals surface area contributed by atoms with Crippen molar-refractivity contribution in [1.29, 1.82) is 0 Å². The Bertz CT molecular complexity index is 1370. The number of nitrogens with one attached hydrogen (secondary N) is 2. The van der Waals surface area contributed by atoms with E-state index in [0.29, 0.717) is 16.6 Å². The van der Waals surface area contributed by atoms with Crippen LogP contribution in [0.3, 0.4) is 0 Å². The Morgan fingerprint density at radius 3 is 2.79 bits per heavy atom. The van der Waals surface area contributed by atoms with E-state index in [0.717, 1.165) is 54.2 Å². The molecule has 0 radical (unpaired) electrons. The van der Waals surface area contributed by atoms with Gasteiger partial charge in [0.25, 0.3) is 5.91 Å². The van der Waals surface area contributed by atoms with E-state index in [1.807, 2.05) is 19.2 Å². The minimum absolute atomic E-state index is 0.136. The molecule has 1 saturated heterocycles. The number of fused-ring (bicyclic) bond motifs is 2. The van der Waals surface area contributed by atoms with Crippen LogP contribution in [0.4, 0.5) is 5.82 Å². The summed E-state index contributed by atoms with van der Waals surface area (Å²) in [6.45, 7) is 5.89. The third-order valence-corrected chi connectivity index (χ3v) is 6.91. The largest absolute Gasteiger partial charge is 0.380 e. The van der Waals surface area contributed by atoms with Crippen molar-refractivity contribution in [3.63, 3.8) is 0 Å². The molecule has 2 N–H and O–H groups in total. The van der Waals surface area contributed by atoms with Crippen molar-refractivity contribution in [3.8, 4) is 11.3 Å². The fraction of sp³-hybridized carbons (Fsp3) is 0.417. The summed E-state index contributed by atoms with van der Waals surface area (Å²) in [5, 5.41) is 11.8. The Morgan fingerprint density at radius 2 is 2.09 bits per heavy atom. The van der Waals surface area contributed by atoms with Gasteiger partial charge in [0.05, 0.1) is 25.1 Å². The zero-order chi connectivity index (χ0) is 22.7. The SMILES string of the molecule is CNc1cc(-c2cn(C(C)C)c3ncccc23)nc2c(C(=O)NC3CC4(COC4)C3)cnn12. The molecule has 1 aliphatic heterocycles. The molecular formula is C24H27N7O2. The van der Waals surface area contributed by atoms with Gasteiger partial charge in [-0.3, -0.25) is 4.79 Å². The van der Waals surface area contributed by atoms with Crippen LogP contribution in [0.5, 0.6) is 0 Å². The lowest BCUT2D eigenvalue weighted by Gasteiger charge is -2.53. The number of ether oxygens (including phenoxy) is 1. The van der Waals surface area contributed by atoms with Crippen LogP contribution in [-0.2, 0) is 4.74 Å². The normalized spacial score (nSPS) is 17.5. The molecular weight excluding hydrogens is 418 g/mol. The number of hydrogen-bond donors (Lipinski definition) is 2. The fourth-order valence-corrected chi connectivity index (χ4v) is 5.10. The molecule has 0 unspecified atom stereocenters. The molecule has 0 aromatic carbocycles. The summed E-state index contributed by atoms with van der Waals surface area (Å²) in [6.07, 6.45) is 7.44. The predicted octanol–water partition coefficient (Wildman–Crippen LogP) is 3.28. The summed E-state index contributed by atoms with van der Waals surface area (Å²) >= 11 is 0. The van der Waals surface area contributed by atoms with E-state index in [9.17, 15) is 4.79 Å². The van der Waals surface area contributed by atoms with Gasteiger partial charge >= 0.3 is 0 Å². The van der Waals surface area contributed by atoms with Crippen LogP contribution in [0.15, 0.2) is 36.8 Å². The minimum atomic E-state index is -0.136. The van der Waals surface area contributed by atoms with E-state index >= 15 is 0 Å². The lowest BCUT2D eigenvalue weighted by molar-refractivity contribution is -0.165. The Labute approximate surface area is 191 Å². The number of carbonyl (C=O) groups is 1. The molecule has 4 aromatic heterocycles.